The Morgan fingerprint density at radius 2 is 1.79 bits per heavy atom. The highest BCUT2D eigenvalue weighted by Gasteiger charge is 2.12. The van der Waals surface area contributed by atoms with Crippen molar-refractivity contribution in [2.75, 3.05) is 6.26 Å². The minimum absolute atomic E-state index is 0.142. The molecule has 1 amide bonds. The van der Waals surface area contributed by atoms with Gasteiger partial charge < -0.3 is 5.32 Å². The van der Waals surface area contributed by atoms with Crippen LogP contribution in [0, 0.1) is 0 Å². The molecule has 6 heteroatoms. The zero-order valence-electron chi connectivity index (χ0n) is 13.1. The molecule has 0 unspecified atom stereocenters. The van der Waals surface area contributed by atoms with Crippen molar-refractivity contribution < 1.29 is 4.79 Å². The standard InChI is InChI=1S/C18H16N4OS/c1-24-18-15(5-3-9-21-18)17(23)22-12-14-4-2-8-20-16(14)13-6-10-19-11-7-13/h2-11H,12H2,1H3,(H,22,23). The van der Waals surface area contributed by atoms with Crippen LogP contribution in [0.3, 0.4) is 0 Å². The maximum Gasteiger partial charge on any atom is 0.254 e. The summed E-state index contributed by atoms with van der Waals surface area (Å²) in [5.74, 6) is -0.142. The molecule has 1 N–H and O–H groups in total. The molecule has 120 valence electrons. The molecular formula is C18H16N4OS. The molecular weight excluding hydrogens is 320 g/mol. The smallest absolute Gasteiger partial charge is 0.254 e. The number of hydrogen-bond donors (Lipinski definition) is 1. The molecule has 0 bridgehead atoms. The van der Waals surface area contributed by atoms with Gasteiger partial charge in [-0.3, -0.25) is 14.8 Å². The molecule has 3 aromatic rings. The normalized spacial score (nSPS) is 10.4. The van der Waals surface area contributed by atoms with E-state index in [9.17, 15) is 4.79 Å². The number of carbonyl (C=O) groups is 1. The summed E-state index contributed by atoms with van der Waals surface area (Å²) >= 11 is 1.45. The molecule has 3 aromatic heterocycles. The van der Waals surface area contributed by atoms with Crippen molar-refractivity contribution in [2.45, 2.75) is 11.6 Å². The summed E-state index contributed by atoms with van der Waals surface area (Å²) in [5.41, 5.74) is 3.35. The Morgan fingerprint density at radius 3 is 2.58 bits per heavy atom. The van der Waals surface area contributed by atoms with Gasteiger partial charge in [-0.15, -0.1) is 11.8 Å². The molecule has 0 radical (unpaired) electrons. The summed E-state index contributed by atoms with van der Waals surface area (Å²) in [6.45, 7) is 0.396. The van der Waals surface area contributed by atoms with Gasteiger partial charge in [0.1, 0.15) is 5.03 Å². The first-order chi connectivity index (χ1) is 11.8. The van der Waals surface area contributed by atoms with Crippen molar-refractivity contribution in [3.63, 3.8) is 0 Å². The number of amides is 1. The van der Waals surface area contributed by atoms with Crippen LogP contribution in [0.25, 0.3) is 11.3 Å². The fraction of sp³-hybridized carbons (Fsp3) is 0.111. The maximum absolute atomic E-state index is 12.5. The average molecular weight is 336 g/mol. The minimum Gasteiger partial charge on any atom is -0.348 e. The van der Waals surface area contributed by atoms with Gasteiger partial charge in [-0.1, -0.05) is 6.07 Å². The molecule has 0 spiro atoms. The largest absolute Gasteiger partial charge is 0.348 e. The highest BCUT2D eigenvalue weighted by atomic mass is 32.2. The quantitative estimate of drug-likeness (QED) is 0.725. The molecule has 0 aliphatic heterocycles. The van der Waals surface area contributed by atoms with E-state index in [1.165, 1.54) is 11.8 Å². The second kappa shape index (κ2) is 7.70. The average Bonchev–Trinajstić information content (AvgIpc) is 2.67. The van der Waals surface area contributed by atoms with Gasteiger partial charge in [-0.05, 0) is 42.2 Å². The van der Waals surface area contributed by atoms with Crippen LogP contribution in [0.15, 0.2) is 66.2 Å². The molecule has 0 atom stereocenters. The first kappa shape index (κ1) is 16.1. The summed E-state index contributed by atoms with van der Waals surface area (Å²) < 4.78 is 0. The summed E-state index contributed by atoms with van der Waals surface area (Å²) in [6, 6.07) is 11.2. The minimum atomic E-state index is -0.142. The van der Waals surface area contributed by atoms with E-state index in [1.54, 1.807) is 36.9 Å². The Morgan fingerprint density at radius 1 is 1.04 bits per heavy atom. The van der Waals surface area contributed by atoms with E-state index in [-0.39, 0.29) is 5.91 Å². The lowest BCUT2D eigenvalue weighted by molar-refractivity contribution is 0.0947. The number of nitrogens with zero attached hydrogens (tertiary/aromatic N) is 3. The molecule has 0 saturated heterocycles. The third-order valence-corrected chi connectivity index (χ3v) is 4.21. The highest BCUT2D eigenvalue weighted by Crippen LogP contribution is 2.21. The predicted octanol–water partition coefficient (Wildman–Crippen LogP) is 3.19. The monoisotopic (exact) mass is 336 g/mol. The molecule has 5 nitrogen and oxygen atoms in total. The summed E-state index contributed by atoms with van der Waals surface area (Å²) in [7, 11) is 0. The predicted molar refractivity (Wildman–Crippen MR) is 94.7 cm³/mol. The second-order valence-electron chi connectivity index (χ2n) is 4.99. The molecule has 0 fully saturated rings. The van der Waals surface area contributed by atoms with E-state index in [0.29, 0.717) is 12.1 Å². The van der Waals surface area contributed by atoms with Crippen LogP contribution in [0.1, 0.15) is 15.9 Å². The van der Waals surface area contributed by atoms with Crippen molar-refractivity contribution in [1.29, 1.82) is 0 Å². The fourth-order valence-corrected chi connectivity index (χ4v) is 2.89. The van der Waals surface area contributed by atoms with Crippen LogP contribution in [-0.4, -0.2) is 27.1 Å². The third kappa shape index (κ3) is 3.60. The Kier molecular flexibility index (Phi) is 5.18. The van der Waals surface area contributed by atoms with Gasteiger partial charge in [-0.2, -0.15) is 0 Å². The van der Waals surface area contributed by atoms with E-state index in [4.69, 9.17) is 0 Å². The second-order valence-corrected chi connectivity index (χ2v) is 5.78. The zero-order valence-corrected chi connectivity index (χ0v) is 14.0. The third-order valence-electron chi connectivity index (χ3n) is 3.49. The summed E-state index contributed by atoms with van der Waals surface area (Å²) in [4.78, 5) is 25.1. The first-order valence-electron chi connectivity index (χ1n) is 7.41. The van der Waals surface area contributed by atoms with Gasteiger partial charge >= 0.3 is 0 Å². The van der Waals surface area contributed by atoms with Crippen molar-refractivity contribution >= 4 is 17.7 Å². The van der Waals surface area contributed by atoms with E-state index in [2.05, 4.69) is 20.3 Å². The topological polar surface area (TPSA) is 67.8 Å². The van der Waals surface area contributed by atoms with Crippen LogP contribution in [0.2, 0.25) is 0 Å². The van der Waals surface area contributed by atoms with Crippen LogP contribution in [0.4, 0.5) is 0 Å². The SMILES string of the molecule is CSc1ncccc1C(=O)NCc1cccnc1-c1ccncc1. The van der Waals surface area contributed by atoms with Gasteiger partial charge in [0.25, 0.3) is 5.91 Å². The Hall–Kier alpha value is -2.73. The number of carbonyl (C=O) groups excluding carboxylic acids is 1. The van der Waals surface area contributed by atoms with Crippen LogP contribution >= 0.6 is 11.8 Å². The van der Waals surface area contributed by atoms with Crippen LogP contribution in [0.5, 0.6) is 0 Å². The lowest BCUT2D eigenvalue weighted by Crippen LogP contribution is -2.24. The number of hydrogen-bond acceptors (Lipinski definition) is 5. The van der Waals surface area contributed by atoms with Gasteiger partial charge in [0.15, 0.2) is 0 Å². The number of rotatable bonds is 5. The Labute approximate surface area is 144 Å². The number of aromatic nitrogens is 3. The molecule has 3 heterocycles. The lowest BCUT2D eigenvalue weighted by Gasteiger charge is -2.11. The number of thioether (sulfide) groups is 1. The van der Waals surface area contributed by atoms with Crippen LogP contribution < -0.4 is 5.32 Å². The van der Waals surface area contributed by atoms with Gasteiger partial charge in [0.05, 0.1) is 11.3 Å². The van der Waals surface area contributed by atoms with Gasteiger partial charge in [0, 0.05) is 36.9 Å². The lowest BCUT2D eigenvalue weighted by atomic mass is 10.1. The highest BCUT2D eigenvalue weighted by molar-refractivity contribution is 7.98. The zero-order chi connectivity index (χ0) is 16.8. The molecule has 0 saturated carbocycles. The Bertz CT molecular complexity index is 839. The first-order valence-corrected chi connectivity index (χ1v) is 8.63. The van der Waals surface area contributed by atoms with Crippen molar-refractivity contribution in [3.8, 4) is 11.3 Å². The summed E-state index contributed by atoms with van der Waals surface area (Å²) in [5, 5.41) is 3.67. The van der Waals surface area contributed by atoms with Gasteiger partial charge in [-0.25, -0.2) is 4.98 Å². The maximum atomic E-state index is 12.5. The van der Waals surface area contributed by atoms with Crippen molar-refractivity contribution in [3.05, 3.63) is 72.3 Å². The molecule has 24 heavy (non-hydrogen) atoms. The Balaban J connectivity index is 1.79. The molecule has 3 rings (SSSR count). The summed E-state index contributed by atoms with van der Waals surface area (Å²) in [6.07, 6.45) is 8.79. The molecule has 0 aliphatic carbocycles. The number of pyridine rings is 3. The molecule has 0 aromatic carbocycles. The number of nitrogens with one attached hydrogen (secondary N) is 1. The fourth-order valence-electron chi connectivity index (χ4n) is 2.35. The molecule has 0 aliphatic rings. The van der Waals surface area contributed by atoms with Gasteiger partial charge in [0.2, 0.25) is 0 Å². The van der Waals surface area contributed by atoms with E-state index >= 15 is 0 Å². The van der Waals surface area contributed by atoms with E-state index in [1.807, 2.05) is 30.5 Å². The van der Waals surface area contributed by atoms with Crippen LogP contribution in [-0.2, 0) is 6.54 Å². The van der Waals surface area contributed by atoms with E-state index < -0.39 is 0 Å². The van der Waals surface area contributed by atoms with E-state index in [0.717, 1.165) is 21.8 Å². The van der Waals surface area contributed by atoms with Crippen molar-refractivity contribution in [1.82, 2.24) is 20.3 Å². The van der Waals surface area contributed by atoms with Crippen molar-refractivity contribution in [2.24, 2.45) is 0 Å².